The summed E-state index contributed by atoms with van der Waals surface area (Å²) in [5, 5.41) is 14.2. The first-order valence-electron chi connectivity index (χ1n) is 8.72. The molecule has 0 saturated carbocycles. The van der Waals surface area contributed by atoms with Crippen molar-refractivity contribution in [2.75, 3.05) is 31.2 Å². The van der Waals surface area contributed by atoms with Crippen LogP contribution in [0, 0.1) is 10.1 Å². The van der Waals surface area contributed by atoms with Crippen LogP contribution in [-0.4, -0.2) is 54.7 Å². The number of amides is 1. The number of ether oxygens (including phenoxy) is 2. The monoisotopic (exact) mass is 379 g/mol. The molecule has 0 aliphatic carbocycles. The summed E-state index contributed by atoms with van der Waals surface area (Å²) in [5.41, 5.74) is -0.193. The summed E-state index contributed by atoms with van der Waals surface area (Å²) in [7, 11) is 0. The zero-order chi connectivity index (χ0) is 20.2. The lowest BCUT2D eigenvalue weighted by molar-refractivity contribution is -0.384. The van der Waals surface area contributed by atoms with E-state index in [1.807, 2.05) is 25.7 Å². The van der Waals surface area contributed by atoms with Crippen LogP contribution in [0.4, 0.5) is 11.4 Å². The summed E-state index contributed by atoms with van der Waals surface area (Å²) in [5.74, 6) is -1.22. The molecule has 0 aromatic heterocycles. The van der Waals surface area contributed by atoms with Crippen LogP contribution in [0.5, 0.6) is 0 Å². The number of nitrogens with one attached hydrogen (secondary N) is 1. The van der Waals surface area contributed by atoms with Crippen LogP contribution in [0.3, 0.4) is 0 Å². The number of nitrogens with zero attached hydrogens (tertiary/aromatic N) is 2. The van der Waals surface area contributed by atoms with Crippen molar-refractivity contribution >= 4 is 23.3 Å². The molecule has 0 spiro atoms. The summed E-state index contributed by atoms with van der Waals surface area (Å²) >= 11 is 0. The zero-order valence-electron chi connectivity index (χ0n) is 16.0. The van der Waals surface area contributed by atoms with E-state index in [1.165, 1.54) is 25.1 Å². The third kappa shape index (κ3) is 5.65. The van der Waals surface area contributed by atoms with Crippen molar-refractivity contribution in [3.8, 4) is 0 Å². The van der Waals surface area contributed by atoms with Gasteiger partial charge < -0.3 is 19.7 Å². The predicted octanol–water partition coefficient (Wildman–Crippen LogP) is 1.89. The standard InChI is InChI=1S/C18H25N3O6/c1-12(16(22)19-18(2,3)4)27-17(23)13-5-6-14(15(11-13)21(24)25)20-7-9-26-10-8-20/h5-6,11-12H,7-10H2,1-4H3,(H,19,22). The first kappa shape index (κ1) is 20.6. The molecule has 2 rings (SSSR count). The van der Waals surface area contributed by atoms with Crippen molar-refractivity contribution in [3.05, 3.63) is 33.9 Å². The minimum atomic E-state index is -1.02. The van der Waals surface area contributed by atoms with E-state index in [9.17, 15) is 19.7 Å². The normalized spacial score (nSPS) is 15.8. The second kappa shape index (κ2) is 8.34. The van der Waals surface area contributed by atoms with Gasteiger partial charge in [-0.1, -0.05) is 0 Å². The van der Waals surface area contributed by atoms with Gasteiger partial charge in [0, 0.05) is 24.7 Å². The molecular weight excluding hydrogens is 354 g/mol. The summed E-state index contributed by atoms with van der Waals surface area (Å²) in [4.78, 5) is 37.1. The van der Waals surface area contributed by atoms with E-state index in [-0.39, 0.29) is 11.3 Å². The summed E-state index contributed by atoms with van der Waals surface area (Å²) in [6.45, 7) is 8.94. The fraction of sp³-hybridized carbons (Fsp3) is 0.556. The van der Waals surface area contributed by atoms with E-state index in [0.29, 0.717) is 32.0 Å². The highest BCUT2D eigenvalue weighted by Gasteiger charge is 2.26. The van der Waals surface area contributed by atoms with Gasteiger partial charge >= 0.3 is 5.97 Å². The average Bonchev–Trinajstić information content (AvgIpc) is 2.60. The molecule has 1 aromatic rings. The Balaban J connectivity index is 2.15. The van der Waals surface area contributed by atoms with E-state index >= 15 is 0 Å². The molecule has 0 bridgehead atoms. The molecule has 1 amide bonds. The van der Waals surface area contributed by atoms with Crippen LogP contribution in [0.25, 0.3) is 0 Å². The van der Waals surface area contributed by atoms with Crippen LogP contribution >= 0.6 is 0 Å². The fourth-order valence-corrected chi connectivity index (χ4v) is 2.62. The number of hydrogen-bond donors (Lipinski definition) is 1. The molecule has 1 heterocycles. The number of anilines is 1. The lowest BCUT2D eigenvalue weighted by Crippen LogP contribution is -2.46. The van der Waals surface area contributed by atoms with Crippen molar-refractivity contribution < 1.29 is 24.0 Å². The third-order valence-corrected chi connectivity index (χ3v) is 3.91. The number of rotatable bonds is 5. The first-order valence-corrected chi connectivity index (χ1v) is 8.72. The Morgan fingerprint density at radius 1 is 1.30 bits per heavy atom. The second-order valence-electron chi connectivity index (χ2n) is 7.35. The van der Waals surface area contributed by atoms with Gasteiger partial charge in [-0.25, -0.2) is 4.79 Å². The van der Waals surface area contributed by atoms with E-state index < -0.39 is 28.4 Å². The highest BCUT2D eigenvalue weighted by Crippen LogP contribution is 2.30. The summed E-state index contributed by atoms with van der Waals surface area (Å²) < 4.78 is 10.4. The maximum absolute atomic E-state index is 12.3. The Bertz CT molecular complexity index is 722. The maximum Gasteiger partial charge on any atom is 0.339 e. The van der Waals surface area contributed by atoms with Gasteiger partial charge in [-0.05, 0) is 39.8 Å². The van der Waals surface area contributed by atoms with Crippen LogP contribution in [0.1, 0.15) is 38.1 Å². The van der Waals surface area contributed by atoms with Gasteiger partial charge in [0.15, 0.2) is 6.10 Å². The Labute approximate surface area is 157 Å². The van der Waals surface area contributed by atoms with Crippen molar-refractivity contribution in [1.82, 2.24) is 5.32 Å². The number of hydrogen-bond acceptors (Lipinski definition) is 7. The molecule has 0 radical (unpaired) electrons. The molecule has 1 N–H and O–H groups in total. The van der Waals surface area contributed by atoms with Crippen molar-refractivity contribution in [2.24, 2.45) is 0 Å². The Kier molecular flexibility index (Phi) is 6.37. The maximum atomic E-state index is 12.3. The first-order chi connectivity index (χ1) is 12.6. The Morgan fingerprint density at radius 3 is 2.48 bits per heavy atom. The molecule has 1 atom stereocenters. The van der Waals surface area contributed by atoms with E-state index in [0.717, 1.165) is 0 Å². The van der Waals surface area contributed by atoms with Gasteiger partial charge in [-0.2, -0.15) is 0 Å². The Hall–Kier alpha value is -2.68. The van der Waals surface area contributed by atoms with Crippen LogP contribution in [-0.2, 0) is 14.3 Å². The summed E-state index contributed by atoms with van der Waals surface area (Å²) in [6, 6.07) is 4.18. The summed E-state index contributed by atoms with van der Waals surface area (Å²) in [6.07, 6.45) is -1.02. The third-order valence-electron chi connectivity index (χ3n) is 3.91. The van der Waals surface area contributed by atoms with Crippen LogP contribution < -0.4 is 10.2 Å². The molecule has 148 valence electrons. The lowest BCUT2D eigenvalue weighted by atomic mass is 10.1. The number of carbonyl (C=O) groups is 2. The molecule has 27 heavy (non-hydrogen) atoms. The van der Waals surface area contributed by atoms with E-state index in [2.05, 4.69) is 5.32 Å². The predicted molar refractivity (Wildman–Crippen MR) is 98.9 cm³/mol. The minimum absolute atomic E-state index is 0.0223. The zero-order valence-corrected chi connectivity index (χ0v) is 16.0. The van der Waals surface area contributed by atoms with E-state index in [4.69, 9.17) is 9.47 Å². The highest BCUT2D eigenvalue weighted by molar-refractivity contribution is 5.93. The molecule has 1 unspecified atom stereocenters. The minimum Gasteiger partial charge on any atom is -0.449 e. The van der Waals surface area contributed by atoms with Crippen LogP contribution in [0.2, 0.25) is 0 Å². The Morgan fingerprint density at radius 2 is 1.93 bits per heavy atom. The van der Waals surface area contributed by atoms with Crippen molar-refractivity contribution in [2.45, 2.75) is 39.3 Å². The van der Waals surface area contributed by atoms with Gasteiger partial charge in [0.2, 0.25) is 0 Å². The highest BCUT2D eigenvalue weighted by atomic mass is 16.6. The van der Waals surface area contributed by atoms with Gasteiger partial charge in [0.25, 0.3) is 11.6 Å². The quantitative estimate of drug-likeness (QED) is 0.472. The molecular formula is C18H25N3O6. The number of benzene rings is 1. The number of carbonyl (C=O) groups excluding carboxylic acids is 2. The number of esters is 1. The molecule has 1 aliphatic rings. The average molecular weight is 379 g/mol. The topological polar surface area (TPSA) is 111 Å². The number of morpholine rings is 1. The van der Waals surface area contributed by atoms with Crippen LogP contribution in [0.15, 0.2) is 18.2 Å². The lowest BCUT2D eigenvalue weighted by Gasteiger charge is -2.28. The number of nitro groups is 1. The van der Waals surface area contributed by atoms with Gasteiger partial charge in [0.1, 0.15) is 5.69 Å². The molecule has 1 aromatic carbocycles. The molecule has 9 heteroatoms. The van der Waals surface area contributed by atoms with Gasteiger partial charge in [0.05, 0.1) is 23.7 Å². The number of nitro benzene ring substituents is 1. The molecule has 1 fully saturated rings. The van der Waals surface area contributed by atoms with Gasteiger partial charge in [-0.15, -0.1) is 0 Å². The largest absolute Gasteiger partial charge is 0.449 e. The SMILES string of the molecule is CC(OC(=O)c1ccc(N2CCOCC2)c([N+](=O)[O-])c1)C(=O)NC(C)(C)C. The molecule has 9 nitrogen and oxygen atoms in total. The van der Waals surface area contributed by atoms with Crippen molar-refractivity contribution in [3.63, 3.8) is 0 Å². The van der Waals surface area contributed by atoms with Crippen molar-refractivity contribution in [1.29, 1.82) is 0 Å². The van der Waals surface area contributed by atoms with Gasteiger partial charge in [-0.3, -0.25) is 14.9 Å². The smallest absolute Gasteiger partial charge is 0.339 e. The second-order valence-corrected chi connectivity index (χ2v) is 7.35. The molecule has 1 saturated heterocycles. The van der Waals surface area contributed by atoms with E-state index in [1.54, 1.807) is 0 Å². The fourth-order valence-electron chi connectivity index (χ4n) is 2.62. The molecule has 1 aliphatic heterocycles.